The monoisotopic (exact) mass is 298 g/mol. The van der Waals surface area contributed by atoms with Crippen molar-refractivity contribution in [1.82, 2.24) is 20.1 Å². The molecule has 1 aliphatic rings. The number of thioether (sulfide) groups is 1. The molecule has 0 aliphatic heterocycles. The molecule has 1 saturated carbocycles. The van der Waals surface area contributed by atoms with Gasteiger partial charge in [-0.3, -0.25) is 4.57 Å². The molecule has 1 aromatic heterocycles. The van der Waals surface area contributed by atoms with Gasteiger partial charge in [-0.25, -0.2) is 9.89 Å². The SMILES string of the molecule is CCNC1CCC(C(C)C)CC1Sc1n[nH]c(=O)n1C. The first kappa shape index (κ1) is 15.6. The van der Waals surface area contributed by atoms with Crippen LogP contribution in [0.3, 0.4) is 0 Å². The van der Waals surface area contributed by atoms with Crippen LogP contribution >= 0.6 is 11.8 Å². The lowest BCUT2D eigenvalue weighted by Gasteiger charge is -2.37. The van der Waals surface area contributed by atoms with Crippen molar-refractivity contribution in [2.24, 2.45) is 18.9 Å². The third-order valence-electron chi connectivity index (χ3n) is 4.34. The van der Waals surface area contributed by atoms with Crippen LogP contribution in [0.5, 0.6) is 0 Å². The number of nitrogens with one attached hydrogen (secondary N) is 2. The molecule has 1 heterocycles. The summed E-state index contributed by atoms with van der Waals surface area (Å²) in [5.74, 6) is 1.50. The van der Waals surface area contributed by atoms with E-state index in [1.54, 1.807) is 23.4 Å². The van der Waals surface area contributed by atoms with Crippen molar-refractivity contribution in [3.8, 4) is 0 Å². The standard InChI is InChI=1S/C14H26N4OS/c1-5-15-11-7-6-10(9(2)3)8-12(11)20-14-17-16-13(19)18(14)4/h9-12,15H,5-8H2,1-4H3,(H,16,19). The molecule has 3 unspecified atom stereocenters. The second-order valence-electron chi connectivity index (χ2n) is 6.01. The van der Waals surface area contributed by atoms with Gasteiger partial charge < -0.3 is 5.32 Å². The Bertz CT molecular complexity index is 482. The van der Waals surface area contributed by atoms with Crippen LogP contribution in [0.25, 0.3) is 0 Å². The largest absolute Gasteiger partial charge is 0.343 e. The molecule has 0 bridgehead atoms. The second kappa shape index (κ2) is 6.80. The molecule has 5 nitrogen and oxygen atoms in total. The van der Waals surface area contributed by atoms with Gasteiger partial charge in [-0.05, 0) is 37.6 Å². The van der Waals surface area contributed by atoms with Crippen LogP contribution in [-0.4, -0.2) is 32.6 Å². The van der Waals surface area contributed by atoms with Crippen LogP contribution in [0, 0.1) is 11.8 Å². The smallest absolute Gasteiger partial charge is 0.313 e. The van der Waals surface area contributed by atoms with Gasteiger partial charge >= 0.3 is 5.69 Å². The topological polar surface area (TPSA) is 62.7 Å². The summed E-state index contributed by atoms with van der Waals surface area (Å²) in [6, 6.07) is 0.520. The molecular weight excluding hydrogens is 272 g/mol. The first-order chi connectivity index (χ1) is 9.52. The number of H-pyrrole nitrogens is 1. The fourth-order valence-electron chi connectivity index (χ4n) is 2.96. The molecule has 2 N–H and O–H groups in total. The molecule has 3 atom stereocenters. The van der Waals surface area contributed by atoms with Crippen LogP contribution in [0.15, 0.2) is 9.95 Å². The average molecular weight is 298 g/mol. The third-order valence-corrected chi connectivity index (χ3v) is 5.74. The summed E-state index contributed by atoms with van der Waals surface area (Å²) >= 11 is 1.74. The van der Waals surface area contributed by atoms with Gasteiger partial charge in [-0.15, -0.1) is 5.10 Å². The van der Waals surface area contributed by atoms with Crippen molar-refractivity contribution >= 4 is 11.8 Å². The molecule has 0 amide bonds. The van der Waals surface area contributed by atoms with Crippen LogP contribution < -0.4 is 11.0 Å². The van der Waals surface area contributed by atoms with E-state index >= 15 is 0 Å². The fourth-order valence-corrected chi connectivity index (χ4v) is 4.31. The minimum Gasteiger partial charge on any atom is -0.313 e. The Morgan fingerprint density at radius 3 is 2.80 bits per heavy atom. The first-order valence-corrected chi connectivity index (χ1v) is 8.42. The quantitative estimate of drug-likeness (QED) is 0.873. The van der Waals surface area contributed by atoms with Crippen molar-refractivity contribution in [3.63, 3.8) is 0 Å². The highest BCUT2D eigenvalue weighted by Crippen LogP contribution is 2.38. The zero-order valence-corrected chi connectivity index (χ0v) is 13.7. The molecule has 0 aromatic carbocycles. The van der Waals surface area contributed by atoms with Gasteiger partial charge in [0, 0.05) is 18.3 Å². The molecule has 0 saturated heterocycles. The first-order valence-electron chi connectivity index (χ1n) is 7.54. The lowest BCUT2D eigenvalue weighted by molar-refractivity contribution is 0.247. The summed E-state index contributed by atoms with van der Waals surface area (Å²) in [6.07, 6.45) is 3.71. The Hall–Kier alpha value is -0.750. The van der Waals surface area contributed by atoms with Crippen LogP contribution in [0.1, 0.15) is 40.0 Å². The van der Waals surface area contributed by atoms with E-state index in [0.29, 0.717) is 11.3 Å². The Balaban J connectivity index is 2.10. The van der Waals surface area contributed by atoms with Crippen molar-refractivity contribution < 1.29 is 0 Å². The highest BCUT2D eigenvalue weighted by atomic mass is 32.2. The number of nitrogens with zero attached hydrogens (tertiary/aromatic N) is 2. The normalized spacial score (nSPS) is 27.1. The molecule has 2 rings (SSSR count). The van der Waals surface area contributed by atoms with Crippen LogP contribution in [0.4, 0.5) is 0 Å². The Kier molecular flexibility index (Phi) is 5.32. The minimum atomic E-state index is -0.135. The predicted molar refractivity (Wildman–Crippen MR) is 83.1 cm³/mol. The van der Waals surface area contributed by atoms with E-state index in [4.69, 9.17) is 0 Å². The highest BCUT2D eigenvalue weighted by Gasteiger charge is 2.33. The van der Waals surface area contributed by atoms with Crippen molar-refractivity contribution in [3.05, 3.63) is 10.5 Å². The van der Waals surface area contributed by atoms with Crippen LogP contribution in [-0.2, 0) is 7.05 Å². The minimum absolute atomic E-state index is 0.135. The Labute approximate surface area is 124 Å². The lowest BCUT2D eigenvalue weighted by Crippen LogP contribution is -2.43. The Morgan fingerprint density at radius 1 is 1.50 bits per heavy atom. The zero-order chi connectivity index (χ0) is 14.7. The van der Waals surface area contributed by atoms with Gasteiger partial charge in [-0.2, -0.15) is 0 Å². The molecule has 1 aromatic rings. The number of aromatic nitrogens is 3. The molecule has 0 spiro atoms. The van der Waals surface area contributed by atoms with Gasteiger partial charge in [-0.1, -0.05) is 32.5 Å². The Morgan fingerprint density at radius 2 is 2.25 bits per heavy atom. The zero-order valence-electron chi connectivity index (χ0n) is 12.8. The van der Waals surface area contributed by atoms with E-state index in [2.05, 4.69) is 36.3 Å². The molecule has 20 heavy (non-hydrogen) atoms. The highest BCUT2D eigenvalue weighted by molar-refractivity contribution is 7.99. The molecular formula is C14H26N4OS. The van der Waals surface area contributed by atoms with Crippen LogP contribution in [0.2, 0.25) is 0 Å². The number of aromatic amines is 1. The molecule has 1 fully saturated rings. The van der Waals surface area contributed by atoms with Crippen molar-refractivity contribution in [1.29, 1.82) is 0 Å². The predicted octanol–water partition coefficient (Wildman–Crippen LogP) is 2.00. The van der Waals surface area contributed by atoms with Gasteiger partial charge in [0.2, 0.25) is 0 Å². The summed E-state index contributed by atoms with van der Waals surface area (Å²) < 4.78 is 1.60. The van der Waals surface area contributed by atoms with E-state index < -0.39 is 0 Å². The fraction of sp³-hybridized carbons (Fsp3) is 0.857. The number of hydrogen-bond acceptors (Lipinski definition) is 4. The lowest BCUT2D eigenvalue weighted by atomic mass is 9.79. The summed E-state index contributed by atoms with van der Waals surface area (Å²) in [7, 11) is 1.78. The van der Waals surface area contributed by atoms with E-state index in [9.17, 15) is 4.79 Å². The molecule has 114 valence electrons. The van der Waals surface area contributed by atoms with Gasteiger partial charge in [0.15, 0.2) is 5.16 Å². The third kappa shape index (κ3) is 3.47. The van der Waals surface area contributed by atoms with Gasteiger partial charge in [0.05, 0.1) is 0 Å². The molecule has 0 radical (unpaired) electrons. The summed E-state index contributed by atoms with van der Waals surface area (Å²) in [5.41, 5.74) is -0.135. The number of rotatable bonds is 5. The van der Waals surface area contributed by atoms with E-state index in [1.165, 1.54) is 19.3 Å². The summed E-state index contributed by atoms with van der Waals surface area (Å²) in [6.45, 7) is 7.77. The van der Waals surface area contributed by atoms with Crippen molar-refractivity contribution in [2.75, 3.05) is 6.54 Å². The summed E-state index contributed by atoms with van der Waals surface area (Å²) in [5, 5.41) is 11.5. The maximum absolute atomic E-state index is 11.5. The molecule has 6 heteroatoms. The van der Waals surface area contributed by atoms with E-state index in [-0.39, 0.29) is 5.69 Å². The summed E-state index contributed by atoms with van der Waals surface area (Å²) in [4.78, 5) is 11.5. The van der Waals surface area contributed by atoms with Crippen molar-refractivity contribution in [2.45, 2.75) is 56.5 Å². The average Bonchev–Trinajstić information content (AvgIpc) is 2.73. The molecule has 1 aliphatic carbocycles. The van der Waals surface area contributed by atoms with E-state index in [1.807, 2.05) is 0 Å². The maximum atomic E-state index is 11.5. The second-order valence-corrected chi connectivity index (χ2v) is 7.21. The number of hydrogen-bond donors (Lipinski definition) is 2. The van der Waals surface area contributed by atoms with Gasteiger partial charge in [0.1, 0.15) is 0 Å². The maximum Gasteiger partial charge on any atom is 0.343 e. The van der Waals surface area contributed by atoms with E-state index in [0.717, 1.165) is 23.5 Å². The van der Waals surface area contributed by atoms with Gasteiger partial charge in [0.25, 0.3) is 0 Å².